The molecule has 1 nitrogen and oxygen atoms in total. The minimum atomic E-state index is 0.819. The fourth-order valence-electron chi connectivity index (χ4n) is 1.55. The quantitative estimate of drug-likeness (QED) is 0.603. The molecule has 0 aromatic heterocycles. The molecule has 2 heteroatoms. The Morgan fingerprint density at radius 1 is 1.07 bits per heavy atom. The number of hydrogen-bond acceptors (Lipinski definition) is 1. The summed E-state index contributed by atoms with van der Waals surface area (Å²) in [5.41, 5.74) is 0. The molecule has 0 fully saturated rings. The lowest BCUT2D eigenvalue weighted by Gasteiger charge is -2.27. The van der Waals surface area contributed by atoms with E-state index in [1.54, 1.807) is 0 Å². The predicted molar refractivity (Wildman–Crippen MR) is 69.1 cm³/mol. The minimum Gasteiger partial charge on any atom is -0.303 e. The molecule has 0 aromatic carbocycles. The summed E-state index contributed by atoms with van der Waals surface area (Å²) in [5.74, 6) is 1.65. The van der Waals surface area contributed by atoms with E-state index in [-0.39, 0.29) is 0 Å². The van der Waals surface area contributed by atoms with E-state index in [1.165, 1.54) is 32.5 Å². The van der Waals surface area contributed by atoms with Crippen LogP contribution in [0.1, 0.15) is 40.5 Å². The van der Waals surface area contributed by atoms with E-state index in [9.17, 15) is 0 Å². The van der Waals surface area contributed by atoms with E-state index in [0.29, 0.717) is 0 Å². The molecule has 0 saturated carbocycles. The van der Waals surface area contributed by atoms with Gasteiger partial charge in [-0.15, -0.1) is 0 Å². The summed E-state index contributed by atoms with van der Waals surface area (Å²) in [7, 11) is 0. The van der Waals surface area contributed by atoms with Crippen molar-refractivity contribution >= 4 is 15.9 Å². The summed E-state index contributed by atoms with van der Waals surface area (Å²) in [5, 5.41) is 1.14. The van der Waals surface area contributed by atoms with Crippen LogP contribution >= 0.6 is 15.9 Å². The van der Waals surface area contributed by atoms with Gasteiger partial charge < -0.3 is 4.90 Å². The highest BCUT2D eigenvalue weighted by Gasteiger charge is 2.12. The lowest BCUT2D eigenvalue weighted by molar-refractivity contribution is 0.216. The molecule has 0 amide bonds. The van der Waals surface area contributed by atoms with E-state index < -0.39 is 0 Å². The van der Waals surface area contributed by atoms with Crippen LogP contribution in [0.2, 0.25) is 0 Å². The van der Waals surface area contributed by atoms with Gasteiger partial charge in [0.05, 0.1) is 0 Å². The smallest absolute Gasteiger partial charge is 0.00717 e. The average molecular weight is 264 g/mol. The maximum atomic E-state index is 3.59. The van der Waals surface area contributed by atoms with Crippen LogP contribution in [0.5, 0.6) is 0 Å². The molecule has 0 bridgehead atoms. The van der Waals surface area contributed by atoms with Gasteiger partial charge in [-0.25, -0.2) is 0 Å². The lowest BCUT2D eigenvalue weighted by Crippen LogP contribution is -2.33. The summed E-state index contributed by atoms with van der Waals surface area (Å²) in [6, 6.07) is 0. The Kier molecular flexibility index (Phi) is 9.00. The predicted octanol–water partition coefficient (Wildman–Crippen LogP) is 3.78. The molecule has 0 aromatic rings. The van der Waals surface area contributed by atoms with Crippen molar-refractivity contribution in [3.63, 3.8) is 0 Å². The first-order valence-electron chi connectivity index (χ1n) is 5.96. The van der Waals surface area contributed by atoms with Crippen LogP contribution < -0.4 is 0 Å². The molecule has 0 radical (unpaired) electrons. The van der Waals surface area contributed by atoms with Crippen molar-refractivity contribution in [2.45, 2.75) is 40.5 Å². The summed E-state index contributed by atoms with van der Waals surface area (Å²) in [6.45, 7) is 12.9. The highest BCUT2D eigenvalue weighted by Crippen LogP contribution is 2.11. The molecule has 0 aliphatic rings. The average Bonchev–Trinajstić information content (AvgIpc) is 2.23. The van der Waals surface area contributed by atoms with Gasteiger partial charge in [0.2, 0.25) is 0 Å². The van der Waals surface area contributed by atoms with Crippen molar-refractivity contribution in [2.24, 2.45) is 11.8 Å². The molecule has 14 heavy (non-hydrogen) atoms. The van der Waals surface area contributed by atoms with E-state index >= 15 is 0 Å². The maximum absolute atomic E-state index is 3.59. The first kappa shape index (κ1) is 14.4. The fraction of sp³-hybridized carbons (Fsp3) is 1.00. The fourth-order valence-corrected chi connectivity index (χ4v) is 2.22. The Morgan fingerprint density at radius 2 is 1.71 bits per heavy atom. The molecule has 0 aliphatic heterocycles. The Labute approximate surface area is 98.4 Å². The van der Waals surface area contributed by atoms with Crippen molar-refractivity contribution in [3.8, 4) is 0 Å². The number of halogens is 1. The van der Waals surface area contributed by atoms with Gasteiger partial charge >= 0.3 is 0 Å². The van der Waals surface area contributed by atoms with Crippen LogP contribution in [0.15, 0.2) is 0 Å². The first-order chi connectivity index (χ1) is 6.67. The Hall–Kier alpha value is 0.440. The largest absolute Gasteiger partial charge is 0.303 e. The monoisotopic (exact) mass is 263 g/mol. The molecular formula is C12H26BrN. The zero-order valence-corrected chi connectivity index (χ0v) is 11.8. The van der Waals surface area contributed by atoms with Crippen LogP contribution in [-0.4, -0.2) is 29.9 Å². The minimum absolute atomic E-state index is 0.819. The zero-order valence-electron chi connectivity index (χ0n) is 10.2. The van der Waals surface area contributed by atoms with Crippen molar-refractivity contribution in [3.05, 3.63) is 0 Å². The summed E-state index contributed by atoms with van der Waals surface area (Å²) >= 11 is 3.59. The molecule has 86 valence electrons. The molecule has 0 N–H and O–H groups in total. The van der Waals surface area contributed by atoms with Crippen LogP contribution in [-0.2, 0) is 0 Å². The second-order valence-electron chi connectivity index (χ2n) is 4.29. The van der Waals surface area contributed by atoms with Gasteiger partial charge in [-0.05, 0) is 18.4 Å². The van der Waals surface area contributed by atoms with Gasteiger partial charge in [0.25, 0.3) is 0 Å². The summed E-state index contributed by atoms with van der Waals surface area (Å²) in [4.78, 5) is 2.59. The number of alkyl halides is 1. The third kappa shape index (κ3) is 6.02. The van der Waals surface area contributed by atoms with Crippen molar-refractivity contribution in [1.82, 2.24) is 4.90 Å². The summed E-state index contributed by atoms with van der Waals surface area (Å²) < 4.78 is 0. The standard InChI is InChI=1S/C12H26BrN/c1-5-11(4)9-14(7-3)10-12(6-2)8-13/h11-12H,5-10H2,1-4H3. The second kappa shape index (κ2) is 8.72. The Balaban J connectivity index is 3.88. The molecule has 0 aliphatic carbocycles. The molecular weight excluding hydrogens is 238 g/mol. The van der Waals surface area contributed by atoms with Crippen LogP contribution in [0, 0.1) is 11.8 Å². The van der Waals surface area contributed by atoms with Crippen molar-refractivity contribution < 1.29 is 0 Å². The molecule has 0 saturated heterocycles. The normalized spacial score (nSPS) is 15.9. The Bertz CT molecular complexity index is 123. The molecule has 2 atom stereocenters. The molecule has 2 unspecified atom stereocenters. The summed E-state index contributed by atoms with van der Waals surface area (Å²) in [6.07, 6.45) is 2.57. The van der Waals surface area contributed by atoms with E-state index in [0.717, 1.165) is 17.2 Å². The van der Waals surface area contributed by atoms with Crippen LogP contribution in [0.4, 0.5) is 0 Å². The number of nitrogens with zero attached hydrogens (tertiary/aromatic N) is 1. The number of hydrogen-bond donors (Lipinski definition) is 0. The first-order valence-corrected chi connectivity index (χ1v) is 7.08. The van der Waals surface area contributed by atoms with Crippen LogP contribution in [0.3, 0.4) is 0 Å². The van der Waals surface area contributed by atoms with Crippen molar-refractivity contribution in [1.29, 1.82) is 0 Å². The van der Waals surface area contributed by atoms with Gasteiger partial charge in [0.1, 0.15) is 0 Å². The van der Waals surface area contributed by atoms with Crippen LogP contribution in [0.25, 0.3) is 0 Å². The zero-order chi connectivity index (χ0) is 11.0. The van der Waals surface area contributed by atoms with Gasteiger partial charge in [-0.1, -0.05) is 56.5 Å². The molecule has 0 rings (SSSR count). The topological polar surface area (TPSA) is 3.24 Å². The highest BCUT2D eigenvalue weighted by atomic mass is 79.9. The third-order valence-corrected chi connectivity index (χ3v) is 3.94. The van der Waals surface area contributed by atoms with Crippen molar-refractivity contribution in [2.75, 3.05) is 25.0 Å². The van der Waals surface area contributed by atoms with Gasteiger partial charge in [-0.2, -0.15) is 0 Å². The SMILES string of the molecule is CCC(C)CN(CC)CC(CC)CBr. The molecule has 0 spiro atoms. The van der Waals surface area contributed by atoms with Gasteiger partial charge in [0.15, 0.2) is 0 Å². The number of rotatable bonds is 8. The Morgan fingerprint density at radius 3 is 2.07 bits per heavy atom. The highest BCUT2D eigenvalue weighted by molar-refractivity contribution is 9.09. The molecule has 0 heterocycles. The lowest BCUT2D eigenvalue weighted by atomic mass is 10.1. The van der Waals surface area contributed by atoms with E-state index in [4.69, 9.17) is 0 Å². The third-order valence-electron chi connectivity index (χ3n) is 3.03. The van der Waals surface area contributed by atoms with E-state index in [2.05, 4.69) is 48.5 Å². The maximum Gasteiger partial charge on any atom is 0.00717 e. The second-order valence-corrected chi connectivity index (χ2v) is 4.94. The van der Waals surface area contributed by atoms with Gasteiger partial charge in [-0.3, -0.25) is 0 Å². The van der Waals surface area contributed by atoms with E-state index in [1.807, 2.05) is 0 Å². The van der Waals surface area contributed by atoms with Gasteiger partial charge in [0, 0.05) is 18.4 Å².